The van der Waals surface area contributed by atoms with Crippen molar-refractivity contribution in [1.82, 2.24) is 15.1 Å². The molecule has 2 aromatic carbocycles. The van der Waals surface area contributed by atoms with Gasteiger partial charge in [0.25, 0.3) is 0 Å². The Hall–Kier alpha value is -3.50. The SMILES string of the molecule is Cc1ccsc1C1C(C(=O)c2cccs2)C(c2ccc(Cl)cc2)C(C(=O)N2CCNCC2)N1C(=O)Nc1ccccc1. The van der Waals surface area contributed by atoms with Crippen molar-refractivity contribution in [1.29, 1.82) is 0 Å². The first-order valence-corrected chi connectivity index (χ1v) is 16.1. The fraction of sp³-hybridized carbons (Fsp3) is 0.281. The van der Waals surface area contributed by atoms with Crippen molar-refractivity contribution in [2.75, 3.05) is 31.5 Å². The second-order valence-electron chi connectivity index (χ2n) is 10.6. The van der Waals surface area contributed by atoms with Crippen molar-refractivity contribution < 1.29 is 14.4 Å². The summed E-state index contributed by atoms with van der Waals surface area (Å²) in [5.74, 6) is -1.51. The molecule has 0 radical (unpaired) electrons. The normalized spacial score (nSPS) is 22.2. The maximum absolute atomic E-state index is 14.6. The number of halogens is 1. The lowest BCUT2D eigenvalue weighted by Gasteiger charge is -2.36. The summed E-state index contributed by atoms with van der Waals surface area (Å²) >= 11 is 9.20. The van der Waals surface area contributed by atoms with E-state index in [-0.39, 0.29) is 11.7 Å². The Balaban J connectivity index is 1.56. The highest BCUT2D eigenvalue weighted by atomic mass is 35.5. The number of hydrogen-bond donors (Lipinski definition) is 2. The van der Waals surface area contributed by atoms with Gasteiger partial charge in [0.2, 0.25) is 5.91 Å². The van der Waals surface area contributed by atoms with Crippen molar-refractivity contribution in [3.63, 3.8) is 0 Å². The van der Waals surface area contributed by atoms with E-state index in [9.17, 15) is 14.4 Å². The molecule has 0 bridgehead atoms. The molecule has 216 valence electrons. The minimum absolute atomic E-state index is 0.0733. The first kappa shape index (κ1) is 28.6. The van der Waals surface area contributed by atoms with Crippen molar-refractivity contribution in [2.45, 2.75) is 24.9 Å². The van der Waals surface area contributed by atoms with Crippen LogP contribution in [0.5, 0.6) is 0 Å². The highest BCUT2D eigenvalue weighted by Gasteiger charge is 2.59. The summed E-state index contributed by atoms with van der Waals surface area (Å²) in [5, 5.41) is 10.8. The molecule has 4 atom stereocenters. The van der Waals surface area contributed by atoms with E-state index in [1.807, 2.05) is 83.2 Å². The molecule has 2 fully saturated rings. The van der Waals surface area contributed by atoms with Crippen LogP contribution in [-0.2, 0) is 4.79 Å². The Labute approximate surface area is 258 Å². The summed E-state index contributed by atoms with van der Waals surface area (Å²) in [7, 11) is 0. The number of Topliss-reactive ketones (excluding diaryl/α,β-unsaturated/α-hetero) is 1. The highest BCUT2D eigenvalue weighted by Crippen LogP contribution is 2.53. The number of carbonyl (C=O) groups is 3. The maximum Gasteiger partial charge on any atom is 0.323 e. The molecule has 10 heteroatoms. The smallest absolute Gasteiger partial charge is 0.323 e. The molecule has 0 aliphatic carbocycles. The third-order valence-electron chi connectivity index (χ3n) is 8.10. The molecule has 0 spiro atoms. The molecule has 2 N–H and O–H groups in total. The number of anilines is 1. The third-order valence-corrected chi connectivity index (χ3v) is 10.3. The van der Waals surface area contributed by atoms with Gasteiger partial charge in [-0.1, -0.05) is 48.0 Å². The second-order valence-corrected chi connectivity index (χ2v) is 12.9. The topological polar surface area (TPSA) is 81.8 Å². The summed E-state index contributed by atoms with van der Waals surface area (Å²) in [4.78, 5) is 48.6. The monoisotopic (exact) mass is 618 g/mol. The zero-order valence-electron chi connectivity index (χ0n) is 23.0. The summed E-state index contributed by atoms with van der Waals surface area (Å²) in [6.45, 7) is 4.40. The molecule has 0 saturated carbocycles. The van der Waals surface area contributed by atoms with Crippen LogP contribution in [0.15, 0.2) is 83.6 Å². The molecule has 2 saturated heterocycles. The number of aryl methyl sites for hydroxylation is 1. The van der Waals surface area contributed by atoms with E-state index >= 15 is 0 Å². The molecule has 3 amide bonds. The molecule has 2 aromatic heterocycles. The van der Waals surface area contributed by atoms with Crippen LogP contribution in [0, 0.1) is 12.8 Å². The lowest BCUT2D eigenvalue weighted by atomic mass is 9.78. The van der Waals surface area contributed by atoms with Gasteiger partial charge in [0.05, 0.1) is 16.8 Å². The number of carbonyl (C=O) groups excluding carboxylic acids is 3. The van der Waals surface area contributed by atoms with Crippen LogP contribution in [0.25, 0.3) is 0 Å². The Morgan fingerprint density at radius 3 is 2.29 bits per heavy atom. The van der Waals surface area contributed by atoms with E-state index in [1.54, 1.807) is 17.0 Å². The summed E-state index contributed by atoms with van der Waals surface area (Å²) in [5.41, 5.74) is 2.40. The molecule has 2 aliphatic heterocycles. The Morgan fingerprint density at radius 1 is 0.905 bits per heavy atom. The largest absolute Gasteiger partial charge is 0.338 e. The number of hydrogen-bond acceptors (Lipinski definition) is 6. The molecule has 7 nitrogen and oxygen atoms in total. The molecule has 4 aromatic rings. The van der Waals surface area contributed by atoms with E-state index in [1.165, 1.54) is 22.7 Å². The Kier molecular flexibility index (Phi) is 8.44. The van der Waals surface area contributed by atoms with Crippen LogP contribution in [0.3, 0.4) is 0 Å². The number of rotatable bonds is 6. The lowest BCUT2D eigenvalue weighted by molar-refractivity contribution is -0.136. The van der Waals surface area contributed by atoms with Gasteiger partial charge in [0, 0.05) is 47.7 Å². The second kappa shape index (κ2) is 12.4. The maximum atomic E-state index is 14.6. The van der Waals surface area contributed by atoms with Gasteiger partial charge in [-0.25, -0.2) is 4.79 Å². The van der Waals surface area contributed by atoms with Crippen LogP contribution >= 0.6 is 34.3 Å². The molecular weight excluding hydrogens is 588 g/mol. The predicted octanol–water partition coefficient (Wildman–Crippen LogP) is 6.44. The zero-order valence-corrected chi connectivity index (χ0v) is 25.4. The quantitative estimate of drug-likeness (QED) is 0.244. The van der Waals surface area contributed by atoms with Gasteiger partial charge in [-0.15, -0.1) is 22.7 Å². The summed E-state index contributed by atoms with van der Waals surface area (Å²) in [6.07, 6.45) is 0. The number of likely N-dealkylation sites (tertiary alicyclic amines) is 1. The van der Waals surface area contributed by atoms with E-state index < -0.39 is 30.0 Å². The minimum atomic E-state index is -0.909. The van der Waals surface area contributed by atoms with E-state index in [0.717, 1.165) is 16.0 Å². The number of ketones is 1. The molecule has 6 rings (SSSR count). The Morgan fingerprint density at radius 2 is 1.64 bits per heavy atom. The Bertz CT molecular complexity index is 1550. The fourth-order valence-electron chi connectivity index (χ4n) is 6.16. The molecule has 4 unspecified atom stereocenters. The molecular formula is C32H31ClN4O3S2. The van der Waals surface area contributed by atoms with Gasteiger partial charge in [-0.3, -0.25) is 9.59 Å². The molecule has 4 heterocycles. The average molecular weight is 619 g/mol. The van der Waals surface area contributed by atoms with Gasteiger partial charge < -0.3 is 20.4 Å². The number of benzene rings is 2. The van der Waals surface area contributed by atoms with Crippen LogP contribution in [-0.4, -0.2) is 59.7 Å². The number of para-hydroxylation sites is 1. The fourth-order valence-corrected chi connectivity index (χ4v) is 8.07. The van der Waals surface area contributed by atoms with Gasteiger partial charge in [-0.05, 0) is 65.2 Å². The molecule has 2 aliphatic rings. The third kappa shape index (κ3) is 5.49. The summed E-state index contributed by atoms with van der Waals surface area (Å²) in [6, 6.07) is 20.3. The van der Waals surface area contributed by atoms with Crippen LogP contribution in [0.4, 0.5) is 10.5 Å². The first-order chi connectivity index (χ1) is 20.4. The van der Waals surface area contributed by atoms with Gasteiger partial charge in [0.15, 0.2) is 5.78 Å². The lowest BCUT2D eigenvalue weighted by Crippen LogP contribution is -2.55. The standard InChI is InChI=1S/C32H31ClN4O3S2/c1-20-13-19-42-30(20)27-26(29(38)24-8-5-18-41-24)25(21-9-11-22(33)12-10-21)28(31(39)36-16-14-34-15-17-36)37(27)32(40)35-23-6-3-2-4-7-23/h2-13,18-19,25-28,34H,14-17H2,1H3,(H,35,40). The van der Waals surface area contributed by atoms with Crippen LogP contribution in [0.2, 0.25) is 5.02 Å². The number of thiophene rings is 2. The highest BCUT2D eigenvalue weighted by molar-refractivity contribution is 7.12. The van der Waals surface area contributed by atoms with Gasteiger partial charge in [-0.2, -0.15) is 0 Å². The van der Waals surface area contributed by atoms with Crippen molar-refractivity contribution in [2.24, 2.45) is 5.92 Å². The zero-order chi connectivity index (χ0) is 29.2. The average Bonchev–Trinajstić information content (AvgIpc) is 3.77. The van der Waals surface area contributed by atoms with Crippen molar-refractivity contribution in [3.8, 4) is 0 Å². The summed E-state index contributed by atoms with van der Waals surface area (Å²) < 4.78 is 0. The van der Waals surface area contributed by atoms with Gasteiger partial charge >= 0.3 is 6.03 Å². The number of nitrogens with one attached hydrogen (secondary N) is 2. The number of piperazine rings is 1. The van der Waals surface area contributed by atoms with Crippen LogP contribution < -0.4 is 10.6 Å². The number of urea groups is 1. The van der Waals surface area contributed by atoms with E-state index in [0.29, 0.717) is 41.8 Å². The van der Waals surface area contributed by atoms with Crippen molar-refractivity contribution >= 4 is 57.7 Å². The van der Waals surface area contributed by atoms with E-state index in [2.05, 4.69) is 10.6 Å². The number of nitrogens with zero attached hydrogens (tertiary/aromatic N) is 2. The van der Waals surface area contributed by atoms with Crippen molar-refractivity contribution in [3.05, 3.63) is 109 Å². The minimum Gasteiger partial charge on any atom is -0.338 e. The van der Waals surface area contributed by atoms with E-state index in [4.69, 9.17) is 11.6 Å². The van der Waals surface area contributed by atoms with Crippen LogP contribution in [0.1, 0.15) is 37.6 Å². The molecule has 42 heavy (non-hydrogen) atoms. The predicted molar refractivity (Wildman–Crippen MR) is 169 cm³/mol. The van der Waals surface area contributed by atoms with Gasteiger partial charge in [0.1, 0.15) is 6.04 Å². The number of amides is 3. The first-order valence-electron chi connectivity index (χ1n) is 13.9.